The SMILES string of the molecule is CCCc1cc(C(=O)N(CC=Cc2ccccc2)CCO)n[nH]1. The van der Waals surface area contributed by atoms with Crippen LogP contribution in [0.5, 0.6) is 0 Å². The number of rotatable bonds is 8. The number of carbonyl (C=O) groups excluding carboxylic acids is 1. The van der Waals surface area contributed by atoms with Gasteiger partial charge in [-0.3, -0.25) is 9.89 Å². The van der Waals surface area contributed by atoms with Crippen molar-refractivity contribution in [3.8, 4) is 0 Å². The summed E-state index contributed by atoms with van der Waals surface area (Å²) < 4.78 is 0. The van der Waals surface area contributed by atoms with Crippen LogP contribution in [0.3, 0.4) is 0 Å². The van der Waals surface area contributed by atoms with Crippen molar-refractivity contribution in [1.82, 2.24) is 15.1 Å². The van der Waals surface area contributed by atoms with Crippen molar-refractivity contribution in [3.05, 3.63) is 59.4 Å². The summed E-state index contributed by atoms with van der Waals surface area (Å²) in [5.74, 6) is -0.171. The number of aliphatic hydroxyl groups excluding tert-OH is 1. The van der Waals surface area contributed by atoms with Gasteiger partial charge in [-0.1, -0.05) is 55.8 Å². The van der Waals surface area contributed by atoms with Crippen LogP contribution in [0.15, 0.2) is 42.5 Å². The number of carbonyl (C=O) groups is 1. The summed E-state index contributed by atoms with van der Waals surface area (Å²) >= 11 is 0. The average molecular weight is 313 g/mol. The van der Waals surface area contributed by atoms with Crippen LogP contribution in [-0.2, 0) is 6.42 Å². The zero-order valence-corrected chi connectivity index (χ0v) is 13.4. The van der Waals surface area contributed by atoms with Gasteiger partial charge in [0, 0.05) is 18.8 Å². The predicted octanol–water partition coefficient (Wildman–Crippen LogP) is 2.51. The van der Waals surface area contributed by atoms with E-state index in [9.17, 15) is 9.90 Å². The van der Waals surface area contributed by atoms with E-state index in [1.54, 1.807) is 11.0 Å². The monoisotopic (exact) mass is 313 g/mol. The zero-order chi connectivity index (χ0) is 16.5. The molecule has 1 aromatic heterocycles. The van der Waals surface area contributed by atoms with Gasteiger partial charge in [0.1, 0.15) is 5.69 Å². The maximum absolute atomic E-state index is 12.5. The van der Waals surface area contributed by atoms with Crippen molar-refractivity contribution in [1.29, 1.82) is 0 Å². The molecule has 122 valence electrons. The van der Waals surface area contributed by atoms with Gasteiger partial charge in [0.15, 0.2) is 0 Å². The summed E-state index contributed by atoms with van der Waals surface area (Å²) in [5, 5.41) is 16.2. The first-order chi connectivity index (χ1) is 11.2. The molecular formula is C18H23N3O2. The van der Waals surface area contributed by atoms with Gasteiger partial charge in [0.25, 0.3) is 5.91 Å². The van der Waals surface area contributed by atoms with Crippen molar-refractivity contribution < 1.29 is 9.90 Å². The molecule has 5 nitrogen and oxygen atoms in total. The predicted molar refractivity (Wildman–Crippen MR) is 91.0 cm³/mol. The van der Waals surface area contributed by atoms with E-state index < -0.39 is 0 Å². The highest BCUT2D eigenvalue weighted by Crippen LogP contribution is 2.07. The fourth-order valence-corrected chi connectivity index (χ4v) is 2.31. The van der Waals surface area contributed by atoms with Gasteiger partial charge in [-0.05, 0) is 18.1 Å². The van der Waals surface area contributed by atoms with Crippen LogP contribution in [0, 0.1) is 0 Å². The minimum absolute atomic E-state index is 0.0723. The maximum Gasteiger partial charge on any atom is 0.274 e. The summed E-state index contributed by atoms with van der Waals surface area (Å²) in [6.07, 6.45) is 5.75. The quantitative estimate of drug-likeness (QED) is 0.787. The van der Waals surface area contributed by atoms with E-state index in [4.69, 9.17) is 0 Å². The molecule has 2 aromatic rings. The second-order valence-corrected chi connectivity index (χ2v) is 5.32. The molecule has 0 aliphatic carbocycles. The number of amides is 1. The molecule has 2 N–H and O–H groups in total. The molecule has 0 unspecified atom stereocenters. The molecule has 1 amide bonds. The van der Waals surface area contributed by atoms with E-state index in [-0.39, 0.29) is 19.1 Å². The fraction of sp³-hybridized carbons (Fsp3) is 0.333. The van der Waals surface area contributed by atoms with Crippen LogP contribution >= 0.6 is 0 Å². The Balaban J connectivity index is 2.01. The average Bonchev–Trinajstić information content (AvgIpc) is 3.03. The Kier molecular flexibility index (Phi) is 6.56. The molecule has 0 fully saturated rings. The number of H-pyrrole nitrogens is 1. The lowest BCUT2D eigenvalue weighted by Crippen LogP contribution is -2.34. The van der Waals surface area contributed by atoms with Crippen molar-refractivity contribution in [2.75, 3.05) is 19.7 Å². The van der Waals surface area contributed by atoms with Gasteiger partial charge in [-0.2, -0.15) is 5.10 Å². The molecule has 0 aliphatic heterocycles. The highest BCUT2D eigenvalue weighted by molar-refractivity contribution is 5.92. The Morgan fingerprint density at radius 3 is 2.83 bits per heavy atom. The Morgan fingerprint density at radius 2 is 2.13 bits per heavy atom. The molecule has 23 heavy (non-hydrogen) atoms. The summed E-state index contributed by atoms with van der Waals surface area (Å²) in [7, 11) is 0. The van der Waals surface area contributed by atoms with Gasteiger partial charge in [0.05, 0.1) is 6.61 Å². The minimum atomic E-state index is -0.171. The first kappa shape index (κ1) is 17.0. The number of aliphatic hydroxyl groups is 1. The normalized spacial score (nSPS) is 11.0. The Hall–Kier alpha value is -2.40. The first-order valence-corrected chi connectivity index (χ1v) is 7.90. The van der Waals surface area contributed by atoms with E-state index in [2.05, 4.69) is 17.1 Å². The third-order valence-electron chi connectivity index (χ3n) is 3.46. The molecule has 0 saturated heterocycles. The summed E-state index contributed by atoms with van der Waals surface area (Å²) in [5.41, 5.74) is 2.43. The van der Waals surface area contributed by atoms with Crippen LogP contribution in [0.1, 0.15) is 35.1 Å². The lowest BCUT2D eigenvalue weighted by Gasteiger charge is -2.18. The van der Waals surface area contributed by atoms with Crippen molar-refractivity contribution in [2.24, 2.45) is 0 Å². The second kappa shape index (κ2) is 8.90. The van der Waals surface area contributed by atoms with Gasteiger partial charge < -0.3 is 10.0 Å². The number of aryl methyl sites for hydroxylation is 1. The lowest BCUT2D eigenvalue weighted by molar-refractivity contribution is 0.0737. The van der Waals surface area contributed by atoms with Crippen LogP contribution in [-0.4, -0.2) is 45.8 Å². The molecule has 0 spiro atoms. The van der Waals surface area contributed by atoms with Crippen molar-refractivity contribution in [3.63, 3.8) is 0 Å². The number of aromatic amines is 1. The standard InChI is InChI=1S/C18H23N3O2/c1-2-7-16-14-17(20-19-16)18(23)21(12-13-22)11-6-10-15-8-4-3-5-9-15/h3-6,8-10,14,22H,2,7,11-13H2,1H3,(H,19,20). The van der Waals surface area contributed by atoms with Gasteiger partial charge in [-0.15, -0.1) is 0 Å². The minimum Gasteiger partial charge on any atom is -0.395 e. The number of hydrogen-bond acceptors (Lipinski definition) is 3. The number of nitrogens with zero attached hydrogens (tertiary/aromatic N) is 2. The fourth-order valence-electron chi connectivity index (χ4n) is 2.31. The van der Waals surface area contributed by atoms with Crippen molar-refractivity contribution >= 4 is 12.0 Å². The summed E-state index contributed by atoms with van der Waals surface area (Å²) in [6, 6.07) is 11.7. The third kappa shape index (κ3) is 5.07. The Morgan fingerprint density at radius 1 is 1.35 bits per heavy atom. The number of aromatic nitrogens is 2. The first-order valence-electron chi connectivity index (χ1n) is 7.90. The number of hydrogen-bond donors (Lipinski definition) is 2. The van der Waals surface area contributed by atoms with E-state index in [1.807, 2.05) is 42.5 Å². The van der Waals surface area contributed by atoms with Crippen molar-refractivity contribution in [2.45, 2.75) is 19.8 Å². The molecule has 1 heterocycles. The molecular weight excluding hydrogens is 290 g/mol. The second-order valence-electron chi connectivity index (χ2n) is 5.32. The van der Waals surface area contributed by atoms with E-state index in [0.29, 0.717) is 12.2 Å². The molecule has 0 saturated carbocycles. The smallest absolute Gasteiger partial charge is 0.274 e. The Labute approximate surface area is 136 Å². The number of nitrogens with one attached hydrogen (secondary N) is 1. The topological polar surface area (TPSA) is 69.2 Å². The lowest BCUT2D eigenvalue weighted by atomic mass is 10.2. The van der Waals surface area contributed by atoms with Gasteiger partial charge >= 0.3 is 0 Å². The molecule has 2 rings (SSSR count). The van der Waals surface area contributed by atoms with Crippen LogP contribution < -0.4 is 0 Å². The summed E-state index contributed by atoms with van der Waals surface area (Å²) in [6.45, 7) is 2.73. The molecule has 0 radical (unpaired) electrons. The highest BCUT2D eigenvalue weighted by Gasteiger charge is 2.17. The molecule has 5 heteroatoms. The van der Waals surface area contributed by atoms with Gasteiger partial charge in [-0.25, -0.2) is 0 Å². The Bertz CT molecular complexity index is 635. The van der Waals surface area contributed by atoms with Crippen LogP contribution in [0.25, 0.3) is 6.08 Å². The highest BCUT2D eigenvalue weighted by atomic mass is 16.3. The molecule has 0 bridgehead atoms. The van der Waals surface area contributed by atoms with Gasteiger partial charge in [0.2, 0.25) is 0 Å². The largest absolute Gasteiger partial charge is 0.395 e. The molecule has 1 aromatic carbocycles. The van der Waals surface area contributed by atoms with Crippen LogP contribution in [0.2, 0.25) is 0 Å². The molecule has 0 atom stereocenters. The third-order valence-corrected chi connectivity index (χ3v) is 3.46. The maximum atomic E-state index is 12.5. The van der Waals surface area contributed by atoms with E-state index >= 15 is 0 Å². The van der Waals surface area contributed by atoms with Crippen LogP contribution in [0.4, 0.5) is 0 Å². The zero-order valence-electron chi connectivity index (χ0n) is 13.4. The van der Waals surface area contributed by atoms with E-state index in [1.165, 1.54) is 0 Å². The van der Waals surface area contributed by atoms with E-state index in [0.717, 1.165) is 24.1 Å². The summed E-state index contributed by atoms with van der Waals surface area (Å²) in [4.78, 5) is 14.1. The number of benzene rings is 1. The molecule has 0 aliphatic rings.